The normalized spacial score (nSPS) is 16.8. The fourth-order valence-electron chi connectivity index (χ4n) is 12.1. The van der Waals surface area contributed by atoms with Crippen LogP contribution in [0.25, 0.3) is 21.9 Å². The van der Waals surface area contributed by atoms with Gasteiger partial charge in [0.05, 0.1) is 27.3 Å². The molecule has 0 aromatic heterocycles. The lowest BCUT2D eigenvalue weighted by Gasteiger charge is -2.40. The van der Waals surface area contributed by atoms with Crippen LogP contribution in [0.2, 0.25) is 39.3 Å². The lowest BCUT2D eigenvalue weighted by Crippen LogP contribution is -2.37. The van der Waals surface area contributed by atoms with Crippen LogP contribution in [0.15, 0.2) is 200 Å². The molecule has 0 radical (unpaired) electrons. The number of fused-ring (bicyclic) bond motifs is 12. The van der Waals surface area contributed by atoms with Crippen molar-refractivity contribution < 1.29 is 4.74 Å². The van der Waals surface area contributed by atoms with E-state index in [1.807, 2.05) is 0 Å². The summed E-state index contributed by atoms with van der Waals surface area (Å²) in [7, 11) is -3.11. The molecule has 71 heavy (non-hydrogen) atoms. The lowest BCUT2D eigenvalue weighted by molar-refractivity contribution is 0.436. The number of ether oxygens (including phenoxy) is 1. The van der Waals surface area contributed by atoms with Gasteiger partial charge in [-0.15, -0.1) is 0 Å². The number of nitrogens with zero attached hydrogens (tertiary/aromatic N) is 2. The fraction of sp³-hybridized carbons (Fsp3) is 0.212. The molecule has 8 aromatic rings. The molecule has 0 saturated carbocycles. The van der Waals surface area contributed by atoms with E-state index < -0.39 is 21.6 Å². The number of hydrogen-bond donors (Lipinski definition) is 0. The molecule has 3 aliphatic carbocycles. The molecule has 3 nitrogen and oxygen atoms in total. The minimum atomic E-state index is -1.57. The number of anilines is 5. The zero-order valence-corrected chi connectivity index (χ0v) is 44.3. The summed E-state index contributed by atoms with van der Waals surface area (Å²) in [5.41, 5.74) is 17.8. The highest BCUT2D eigenvalue weighted by Crippen LogP contribution is 2.65. The minimum absolute atomic E-state index is 0.722. The Balaban J connectivity index is 1.16. The van der Waals surface area contributed by atoms with Gasteiger partial charge >= 0.3 is 0 Å². The van der Waals surface area contributed by atoms with Crippen LogP contribution in [0.4, 0.5) is 28.4 Å². The molecule has 12 rings (SSSR count). The second-order valence-corrected chi connectivity index (χ2v) is 32.5. The molecule has 0 bridgehead atoms. The van der Waals surface area contributed by atoms with E-state index in [4.69, 9.17) is 4.74 Å². The molecule has 0 N–H and O–H groups in total. The van der Waals surface area contributed by atoms with Crippen LogP contribution in [0.5, 0.6) is 11.5 Å². The maximum absolute atomic E-state index is 6.97. The van der Waals surface area contributed by atoms with Crippen molar-refractivity contribution >= 4 is 65.7 Å². The number of para-hydroxylation sites is 2. The van der Waals surface area contributed by atoms with Gasteiger partial charge in [-0.05, 0) is 157 Å². The number of benzene rings is 8. The molecule has 1 spiro atoms. The van der Waals surface area contributed by atoms with Crippen LogP contribution in [0.1, 0.15) is 65.5 Å². The van der Waals surface area contributed by atoms with Crippen molar-refractivity contribution in [2.75, 3.05) is 9.80 Å². The van der Waals surface area contributed by atoms with E-state index >= 15 is 0 Å². The van der Waals surface area contributed by atoms with E-state index in [-0.39, 0.29) is 0 Å². The Morgan fingerprint density at radius 3 is 1.73 bits per heavy atom. The van der Waals surface area contributed by atoms with Gasteiger partial charge in [0.25, 0.3) is 0 Å². The summed E-state index contributed by atoms with van der Waals surface area (Å²) >= 11 is 0. The summed E-state index contributed by atoms with van der Waals surface area (Å²) in [6, 6.07) is 62.9. The molecule has 352 valence electrons. The average Bonchev–Trinajstić information content (AvgIpc) is 3.99. The smallest absolute Gasteiger partial charge is 0.132 e. The van der Waals surface area contributed by atoms with Gasteiger partial charge in [-0.1, -0.05) is 171 Å². The van der Waals surface area contributed by atoms with Crippen LogP contribution in [-0.4, -0.2) is 16.1 Å². The van der Waals surface area contributed by atoms with E-state index in [1.54, 1.807) is 0 Å². The van der Waals surface area contributed by atoms with Crippen molar-refractivity contribution in [3.63, 3.8) is 0 Å². The number of aryl methyl sites for hydroxylation is 2. The molecule has 8 aromatic carbocycles. The summed E-state index contributed by atoms with van der Waals surface area (Å²) in [6.07, 6.45) is 14.8. The van der Waals surface area contributed by atoms with Gasteiger partial charge in [0, 0.05) is 45.0 Å². The highest BCUT2D eigenvalue weighted by molar-refractivity contribution is 6.89. The summed E-state index contributed by atoms with van der Waals surface area (Å²) < 4.78 is 6.97. The van der Waals surface area contributed by atoms with E-state index in [0.717, 1.165) is 78.2 Å². The zero-order valence-electron chi connectivity index (χ0n) is 42.3. The van der Waals surface area contributed by atoms with Crippen molar-refractivity contribution in [2.45, 2.75) is 89.6 Å². The van der Waals surface area contributed by atoms with Crippen LogP contribution in [-0.2, 0) is 18.3 Å². The predicted molar refractivity (Wildman–Crippen MR) is 307 cm³/mol. The molecular formula is C66H64N2OSi2. The minimum Gasteiger partial charge on any atom is -0.457 e. The maximum atomic E-state index is 6.97. The van der Waals surface area contributed by atoms with Crippen LogP contribution >= 0.6 is 0 Å². The standard InChI is InChI=1S/C66H64N2OSi2/c1-45-18-9-8-10-21-48(30-28-45)68(50-34-39-54(40-35-50)71(5,6)7)62-44-61-65(56-23-12-11-22-55(56)62)57-41-36-52(43-60(57)66(61)58-24-13-15-26-63(58)69-64-27-16-14-25-59(64)66)67(49-32-37-53(38-33-49)70(2,3)4)51-31-29-46-19-17-20-47(46)42-51/h11-16,21-44H,1,8-10,17-20H2,2-7H3/b30-28-,48-21+. The first-order valence-electron chi connectivity index (χ1n) is 25.9. The molecule has 0 amide bonds. The Kier molecular flexibility index (Phi) is 11.1. The summed E-state index contributed by atoms with van der Waals surface area (Å²) in [6.45, 7) is 19.1. The molecule has 0 unspecified atom stereocenters. The van der Waals surface area contributed by atoms with Crippen molar-refractivity contribution in [3.8, 4) is 22.6 Å². The van der Waals surface area contributed by atoms with Gasteiger partial charge in [0.15, 0.2) is 0 Å². The summed E-state index contributed by atoms with van der Waals surface area (Å²) in [5.74, 6) is 1.78. The Bertz CT molecular complexity index is 3430. The molecule has 0 saturated heterocycles. The second-order valence-electron chi connectivity index (χ2n) is 22.4. The molecular weight excluding hydrogens is 893 g/mol. The van der Waals surface area contributed by atoms with Crippen LogP contribution in [0.3, 0.4) is 0 Å². The highest BCUT2D eigenvalue weighted by atomic mass is 28.3. The summed E-state index contributed by atoms with van der Waals surface area (Å²) in [4.78, 5) is 5.06. The molecule has 0 fully saturated rings. The van der Waals surface area contributed by atoms with E-state index in [2.05, 4.69) is 238 Å². The van der Waals surface area contributed by atoms with E-state index in [0.29, 0.717) is 0 Å². The third-order valence-corrected chi connectivity index (χ3v) is 19.9. The van der Waals surface area contributed by atoms with E-state index in [1.165, 1.54) is 83.6 Å². The van der Waals surface area contributed by atoms with Crippen molar-refractivity contribution in [1.82, 2.24) is 0 Å². The average molecular weight is 957 g/mol. The van der Waals surface area contributed by atoms with Crippen LogP contribution < -0.4 is 24.9 Å². The monoisotopic (exact) mass is 956 g/mol. The van der Waals surface area contributed by atoms with Gasteiger partial charge in [0.2, 0.25) is 0 Å². The van der Waals surface area contributed by atoms with Gasteiger partial charge < -0.3 is 14.5 Å². The van der Waals surface area contributed by atoms with Crippen LogP contribution in [0, 0.1) is 0 Å². The first-order chi connectivity index (χ1) is 34.4. The molecule has 5 heteroatoms. The first kappa shape index (κ1) is 45.2. The highest BCUT2D eigenvalue weighted by Gasteiger charge is 2.52. The van der Waals surface area contributed by atoms with Gasteiger partial charge in [-0.2, -0.15) is 0 Å². The predicted octanol–water partition coefficient (Wildman–Crippen LogP) is 17.1. The molecule has 4 aliphatic rings. The molecule has 1 heterocycles. The number of hydrogen-bond acceptors (Lipinski definition) is 3. The Morgan fingerprint density at radius 1 is 0.479 bits per heavy atom. The lowest BCUT2D eigenvalue weighted by atomic mass is 9.66. The maximum Gasteiger partial charge on any atom is 0.132 e. The quantitative estimate of drug-likeness (QED) is 0.141. The van der Waals surface area contributed by atoms with E-state index in [9.17, 15) is 0 Å². The van der Waals surface area contributed by atoms with Gasteiger partial charge in [-0.25, -0.2) is 0 Å². The second kappa shape index (κ2) is 17.4. The number of allylic oxidation sites excluding steroid dienone is 4. The van der Waals surface area contributed by atoms with Crippen molar-refractivity contribution in [1.29, 1.82) is 0 Å². The first-order valence-corrected chi connectivity index (χ1v) is 32.9. The van der Waals surface area contributed by atoms with Gasteiger partial charge in [0.1, 0.15) is 11.5 Å². The fourth-order valence-corrected chi connectivity index (χ4v) is 14.4. The Morgan fingerprint density at radius 2 is 1.06 bits per heavy atom. The van der Waals surface area contributed by atoms with Gasteiger partial charge in [-0.3, -0.25) is 0 Å². The third kappa shape index (κ3) is 7.68. The molecule has 0 atom stereocenters. The Hall–Kier alpha value is -6.93. The molecule has 1 aliphatic heterocycles. The third-order valence-electron chi connectivity index (χ3n) is 15.8. The zero-order chi connectivity index (χ0) is 48.6. The topological polar surface area (TPSA) is 15.7 Å². The Labute approximate surface area is 423 Å². The van der Waals surface area contributed by atoms with Crippen molar-refractivity contribution in [3.05, 3.63) is 233 Å². The summed E-state index contributed by atoms with van der Waals surface area (Å²) in [5, 5.41) is 5.37. The number of rotatable bonds is 8. The van der Waals surface area contributed by atoms with Crippen molar-refractivity contribution in [2.24, 2.45) is 0 Å². The largest absolute Gasteiger partial charge is 0.457 e. The SMILES string of the molecule is C=C1/C=C\C(N(c2ccc([Si](C)(C)C)cc2)c2cc3c(c4ccccc24)-c2ccc(N(c4ccc([Si](C)(C)C)cc4)c4ccc5c(c4)CCC5)cc2C32c3ccccc3Oc3ccccc32)=C/CCCC1.